The van der Waals surface area contributed by atoms with Crippen molar-refractivity contribution in [2.45, 2.75) is 12.3 Å². The van der Waals surface area contributed by atoms with E-state index >= 15 is 0 Å². The molecule has 1 fully saturated rings. The van der Waals surface area contributed by atoms with Crippen LogP contribution in [0.1, 0.15) is 6.42 Å². The van der Waals surface area contributed by atoms with Crippen LogP contribution in [-0.2, 0) is 4.79 Å². The van der Waals surface area contributed by atoms with Crippen molar-refractivity contribution in [2.24, 2.45) is 5.92 Å². The quantitative estimate of drug-likeness (QED) is 0.885. The smallest absolute Gasteiger partial charge is 0.260 e. The molecule has 1 aliphatic rings. The Bertz CT molecular complexity index is 693. The van der Waals surface area contributed by atoms with Crippen molar-refractivity contribution in [2.75, 3.05) is 5.32 Å². The number of hydrogen-bond donors (Lipinski definition) is 1. The highest BCUT2D eigenvalue weighted by atomic mass is 35.5. The third kappa shape index (κ3) is 2.97. The van der Waals surface area contributed by atoms with E-state index in [9.17, 15) is 13.6 Å². The number of aromatic nitrogens is 3. The lowest BCUT2D eigenvalue weighted by Gasteiger charge is -2.05. The van der Waals surface area contributed by atoms with Gasteiger partial charge in [-0.05, 0) is 29.8 Å². The van der Waals surface area contributed by atoms with Gasteiger partial charge in [0.05, 0.1) is 5.69 Å². The van der Waals surface area contributed by atoms with Gasteiger partial charge in [0, 0.05) is 24.4 Å². The summed E-state index contributed by atoms with van der Waals surface area (Å²) < 4.78 is 25.5. The standard InChI is InChI=1S/C13H9ClF2N4O/c14-12-17-4-3-9(19-12)7-1-2-10(18-6-7)20-11(21)8-5-13(8,15)16/h1-4,6,8H,5H2,(H,18,20,21)/t8-/m0/s1. The van der Waals surface area contributed by atoms with Crippen molar-refractivity contribution >= 4 is 23.3 Å². The molecule has 108 valence electrons. The number of anilines is 1. The number of hydrogen-bond acceptors (Lipinski definition) is 4. The Balaban J connectivity index is 1.71. The third-order valence-corrected chi connectivity index (χ3v) is 3.26. The molecule has 21 heavy (non-hydrogen) atoms. The molecule has 1 saturated carbocycles. The molecular formula is C13H9ClF2N4O. The van der Waals surface area contributed by atoms with E-state index in [-0.39, 0.29) is 11.1 Å². The average molecular weight is 311 g/mol. The van der Waals surface area contributed by atoms with Crippen molar-refractivity contribution in [1.82, 2.24) is 15.0 Å². The highest BCUT2D eigenvalue weighted by Gasteiger charge is 2.61. The van der Waals surface area contributed by atoms with E-state index in [0.29, 0.717) is 11.3 Å². The SMILES string of the molecule is O=C(Nc1ccc(-c2ccnc(Cl)n2)cn1)[C@@H]1CC1(F)F. The van der Waals surface area contributed by atoms with Gasteiger partial charge in [-0.1, -0.05) is 0 Å². The molecule has 1 aliphatic carbocycles. The van der Waals surface area contributed by atoms with E-state index < -0.39 is 24.2 Å². The van der Waals surface area contributed by atoms with Crippen molar-refractivity contribution < 1.29 is 13.6 Å². The maximum Gasteiger partial charge on any atom is 0.260 e. The molecule has 0 unspecified atom stereocenters. The van der Waals surface area contributed by atoms with Crippen LogP contribution in [0, 0.1) is 5.92 Å². The second-order valence-electron chi connectivity index (χ2n) is 4.65. The molecule has 0 aromatic carbocycles. The third-order valence-electron chi connectivity index (χ3n) is 3.08. The minimum atomic E-state index is -2.89. The summed E-state index contributed by atoms with van der Waals surface area (Å²) >= 11 is 5.69. The summed E-state index contributed by atoms with van der Waals surface area (Å²) in [5.41, 5.74) is 1.25. The summed E-state index contributed by atoms with van der Waals surface area (Å²) in [5.74, 6) is -4.64. The molecule has 0 aliphatic heterocycles. The van der Waals surface area contributed by atoms with Crippen LogP contribution in [0.5, 0.6) is 0 Å². The van der Waals surface area contributed by atoms with Crippen LogP contribution in [0.3, 0.4) is 0 Å². The van der Waals surface area contributed by atoms with Crippen LogP contribution in [0.4, 0.5) is 14.6 Å². The van der Waals surface area contributed by atoms with E-state index in [4.69, 9.17) is 11.6 Å². The Labute approximate surface area is 123 Å². The van der Waals surface area contributed by atoms with E-state index in [1.807, 2.05) is 0 Å². The normalized spacial score (nSPS) is 19.1. The molecule has 0 radical (unpaired) electrons. The summed E-state index contributed by atoms with van der Waals surface area (Å²) in [6.45, 7) is 0. The number of alkyl halides is 2. The number of carbonyl (C=O) groups is 1. The highest BCUT2D eigenvalue weighted by molar-refractivity contribution is 6.28. The largest absolute Gasteiger partial charge is 0.310 e. The van der Waals surface area contributed by atoms with E-state index in [1.165, 1.54) is 18.5 Å². The maximum absolute atomic E-state index is 12.8. The number of nitrogens with zero attached hydrogens (tertiary/aromatic N) is 3. The predicted molar refractivity (Wildman–Crippen MR) is 72.0 cm³/mol. The molecule has 0 bridgehead atoms. The van der Waals surface area contributed by atoms with Gasteiger partial charge in [0.25, 0.3) is 5.92 Å². The van der Waals surface area contributed by atoms with Gasteiger partial charge in [-0.15, -0.1) is 0 Å². The van der Waals surface area contributed by atoms with Crippen LogP contribution < -0.4 is 5.32 Å². The first-order valence-corrected chi connectivity index (χ1v) is 6.47. The zero-order valence-electron chi connectivity index (χ0n) is 10.6. The zero-order valence-corrected chi connectivity index (χ0v) is 11.3. The molecular weight excluding hydrogens is 302 g/mol. The fraction of sp³-hybridized carbons (Fsp3) is 0.231. The minimum Gasteiger partial charge on any atom is -0.310 e. The number of pyridine rings is 1. The molecule has 5 nitrogen and oxygen atoms in total. The first kappa shape index (κ1) is 13.8. The maximum atomic E-state index is 12.8. The van der Waals surface area contributed by atoms with E-state index in [2.05, 4.69) is 20.3 Å². The molecule has 2 heterocycles. The second kappa shape index (κ2) is 5.00. The summed E-state index contributed by atoms with van der Waals surface area (Å²) in [7, 11) is 0. The highest BCUT2D eigenvalue weighted by Crippen LogP contribution is 2.48. The molecule has 1 atom stereocenters. The Morgan fingerprint density at radius 1 is 1.33 bits per heavy atom. The lowest BCUT2D eigenvalue weighted by atomic mass is 10.2. The molecule has 1 N–H and O–H groups in total. The van der Waals surface area contributed by atoms with E-state index in [0.717, 1.165) is 0 Å². The number of carbonyl (C=O) groups excluding carboxylic acids is 1. The monoisotopic (exact) mass is 310 g/mol. The Kier molecular flexibility index (Phi) is 3.29. The first-order chi connectivity index (χ1) is 9.95. The van der Waals surface area contributed by atoms with Crippen LogP contribution in [0.15, 0.2) is 30.6 Å². The number of amides is 1. The molecule has 2 aromatic rings. The van der Waals surface area contributed by atoms with Crippen molar-refractivity contribution in [3.8, 4) is 11.3 Å². The molecule has 2 aromatic heterocycles. The summed E-state index contributed by atoms with van der Waals surface area (Å²) in [5, 5.41) is 2.47. The van der Waals surface area contributed by atoms with Gasteiger partial charge < -0.3 is 5.32 Å². The minimum absolute atomic E-state index is 0.112. The summed E-state index contributed by atoms with van der Waals surface area (Å²) in [4.78, 5) is 23.3. The lowest BCUT2D eigenvalue weighted by molar-refractivity contribution is -0.119. The topological polar surface area (TPSA) is 67.8 Å². The van der Waals surface area contributed by atoms with E-state index in [1.54, 1.807) is 12.1 Å². The van der Waals surface area contributed by atoms with Crippen LogP contribution >= 0.6 is 11.6 Å². The van der Waals surface area contributed by atoms with Gasteiger partial charge >= 0.3 is 0 Å². The fourth-order valence-corrected chi connectivity index (χ4v) is 1.97. The molecule has 1 amide bonds. The van der Waals surface area contributed by atoms with Gasteiger partial charge in [-0.3, -0.25) is 4.79 Å². The number of rotatable bonds is 3. The summed E-state index contributed by atoms with van der Waals surface area (Å²) in [6, 6.07) is 4.84. The molecule has 0 spiro atoms. The first-order valence-electron chi connectivity index (χ1n) is 6.09. The number of nitrogens with one attached hydrogen (secondary N) is 1. The Morgan fingerprint density at radius 3 is 2.67 bits per heavy atom. The molecule has 8 heteroatoms. The Hall–Kier alpha value is -2.15. The van der Waals surface area contributed by atoms with Gasteiger partial charge in [0.2, 0.25) is 11.2 Å². The summed E-state index contributed by atoms with van der Waals surface area (Å²) in [6.07, 6.45) is 2.57. The van der Waals surface area contributed by atoms with Gasteiger partial charge in [-0.25, -0.2) is 23.7 Å². The van der Waals surface area contributed by atoms with Gasteiger partial charge in [-0.2, -0.15) is 0 Å². The predicted octanol–water partition coefficient (Wildman–Crippen LogP) is 2.79. The zero-order chi connectivity index (χ0) is 15.0. The number of halogens is 3. The second-order valence-corrected chi connectivity index (χ2v) is 4.99. The van der Waals surface area contributed by atoms with Crippen molar-refractivity contribution in [1.29, 1.82) is 0 Å². The van der Waals surface area contributed by atoms with Crippen LogP contribution in [-0.4, -0.2) is 26.8 Å². The average Bonchev–Trinajstić information content (AvgIpc) is 3.09. The fourth-order valence-electron chi connectivity index (χ4n) is 1.83. The van der Waals surface area contributed by atoms with Gasteiger partial charge in [0.1, 0.15) is 11.7 Å². The van der Waals surface area contributed by atoms with Gasteiger partial charge in [0.15, 0.2) is 0 Å². The molecule has 0 saturated heterocycles. The van der Waals surface area contributed by atoms with Crippen LogP contribution in [0.2, 0.25) is 5.28 Å². The van der Waals surface area contributed by atoms with Crippen LogP contribution in [0.25, 0.3) is 11.3 Å². The molecule has 3 rings (SSSR count). The van der Waals surface area contributed by atoms with Crippen molar-refractivity contribution in [3.63, 3.8) is 0 Å². The van der Waals surface area contributed by atoms with Crippen molar-refractivity contribution in [3.05, 3.63) is 35.9 Å². The Morgan fingerprint density at radius 2 is 2.10 bits per heavy atom. The lowest BCUT2D eigenvalue weighted by Crippen LogP contribution is -2.18.